The fraction of sp³-hybridized carbons (Fsp3) is 0.700. The molecule has 11 heavy (non-hydrogen) atoms. The lowest BCUT2D eigenvalue weighted by Gasteiger charge is -2.13. The van der Waals surface area contributed by atoms with E-state index in [2.05, 4.69) is 20.4 Å². The summed E-state index contributed by atoms with van der Waals surface area (Å²) in [4.78, 5) is 10.9. The van der Waals surface area contributed by atoms with Gasteiger partial charge in [0, 0.05) is 0 Å². The first-order valence-electron chi connectivity index (χ1n) is 4.33. The molecule has 0 rings (SSSR count). The fourth-order valence-electron chi connectivity index (χ4n) is 1.26. The number of carbonyl (C=O) groups is 1. The first-order valence-corrected chi connectivity index (χ1v) is 4.33. The van der Waals surface area contributed by atoms with Crippen LogP contribution in [0.1, 0.15) is 40.0 Å². The van der Waals surface area contributed by atoms with Crippen LogP contribution in [0.25, 0.3) is 0 Å². The van der Waals surface area contributed by atoms with Crippen molar-refractivity contribution in [1.82, 2.24) is 0 Å². The Morgan fingerprint density at radius 3 is 2.27 bits per heavy atom. The summed E-state index contributed by atoms with van der Waals surface area (Å²) in [6.45, 7) is 9.63. The smallest absolute Gasteiger partial charge is 0.155 e. The van der Waals surface area contributed by atoms with Gasteiger partial charge in [-0.25, -0.2) is 0 Å². The van der Waals surface area contributed by atoms with E-state index in [0.717, 1.165) is 24.8 Å². The molecule has 1 heteroatoms. The first kappa shape index (κ1) is 10.4. The number of hydrogen-bond acceptors (Lipinski definition) is 1. The molecular weight excluding hydrogens is 136 g/mol. The minimum absolute atomic E-state index is 0.144. The van der Waals surface area contributed by atoms with Gasteiger partial charge in [0.15, 0.2) is 5.78 Å². The van der Waals surface area contributed by atoms with Gasteiger partial charge in [-0.1, -0.05) is 26.8 Å². The van der Waals surface area contributed by atoms with Crippen molar-refractivity contribution in [2.75, 3.05) is 0 Å². The Labute approximate surface area is 69.5 Å². The second-order valence-corrected chi connectivity index (χ2v) is 2.98. The first-order chi connectivity index (χ1) is 5.13. The van der Waals surface area contributed by atoms with Crippen molar-refractivity contribution in [2.24, 2.45) is 5.92 Å². The third kappa shape index (κ3) is 3.35. The molecule has 0 heterocycles. The monoisotopic (exact) mass is 154 g/mol. The van der Waals surface area contributed by atoms with Crippen LogP contribution in [0.3, 0.4) is 0 Å². The van der Waals surface area contributed by atoms with Crippen LogP contribution < -0.4 is 0 Å². The van der Waals surface area contributed by atoms with Crippen LogP contribution in [0.15, 0.2) is 12.2 Å². The van der Waals surface area contributed by atoms with Gasteiger partial charge in [-0.2, -0.15) is 0 Å². The van der Waals surface area contributed by atoms with Crippen LogP contribution in [0.2, 0.25) is 0 Å². The van der Waals surface area contributed by atoms with Gasteiger partial charge in [0.25, 0.3) is 0 Å². The summed E-state index contributed by atoms with van der Waals surface area (Å²) < 4.78 is 0. The van der Waals surface area contributed by atoms with Gasteiger partial charge in [0.2, 0.25) is 0 Å². The lowest BCUT2D eigenvalue weighted by atomic mass is 9.91. The molecule has 0 aliphatic rings. The third-order valence-corrected chi connectivity index (χ3v) is 2.07. The highest BCUT2D eigenvalue weighted by atomic mass is 16.1. The number of hydrogen-bond donors (Lipinski definition) is 0. The van der Waals surface area contributed by atoms with E-state index < -0.39 is 0 Å². The van der Waals surface area contributed by atoms with Crippen molar-refractivity contribution in [2.45, 2.75) is 40.0 Å². The van der Waals surface area contributed by atoms with Gasteiger partial charge >= 0.3 is 0 Å². The van der Waals surface area contributed by atoms with E-state index in [4.69, 9.17) is 0 Å². The van der Waals surface area contributed by atoms with E-state index in [0.29, 0.717) is 5.92 Å². The fourth-order valence-corrected chi connectivity index (χ4v) is 1.26. The van der Waals surface area contributed by atoms with Crippen LogP contribution in [0, 0.1) is 5.92 Å². The Kier molecular flexibility index (Phi) is 4.84. The van der Waals surface area contributed by atoms with Crippen LogP contribution in [-0.2, 0) is 4.79 Å². The van der Waals surface area contributed by atoms with Crippen molar-refractivity contribution in [3.05, 3.63) is 12.2 Å². The Morgan fingerprint density at radius 1 is 1.45 bits per heavy atom. The molecule has 0 aliphatic heterocycles. The Bertz CT molecular complexity index is 147. The Balaban J connectivity index is 4.02. The van der Waals surface area contributed by atoms with E-state index in [-0.39, 0.29) is 5.78 Å². The summed E-state index contributed by atoms with van der Waals surface area (Å²) in [5.41, 5.74) is 0.800. The lowest BCUT2D eigenvalue weighted by molar-refractivity contribution is -0.114. The number of ketones is 1. The van der Waals surface area contributed by atoms with E-state index in [1.807, 2.05) is 0 Å². The maximum Gasteiger partial charge on any atom is 0.155 e. The number of allylic oxidation sites excluding steroid dienone is 1. The van der Waals surface area contributed by atoms with Gasteiger partial charge in [0.1, 0.15) is 0 Å². The summed E-state index contributed by atoms with van der Waals surface area (Å²) >= 11 is 0. The summed E-state index contributed by atoms with van der Waals surface area (Å²) in [7, 11) is 0. The summed E-state index contributed by atoms with van der Waals surface area (Å²) in [6.07, 6.45) is 3.26. The molecule has 0 spiro atoms. The van der Waals surface area contributed by atoms with E-state index in [9.17, 15) is 4.79 Å². The predicted octanol–water partition coefficient (Wildman–Crippen LogP) is 2.96. The second kappa shape index (κ2) is 5.11. The average molecular weight is 154 g/mol. The molecule has 0 radical (unpaired) electrons. The van der Waals surface area contributed by atoms with Crippen molar-refractivity contribution in [3.63, 3.8) is 0 Å². The molecule has 0 saturated heterocycles. The minimum Gasteiger partial charge on any atom is -0.295 e. The van der Waals surface area contributed by atoms with Crippen molar-refractivity contribution in [1.29, 1.82) is 0 Å². The SMILES string of the molecule is C=C(C(C)=O)C(CC)CCC. The highest BCUT2D eigenvalue weighted by Crippen LogP contribution is 2.19. The highest BCUT2D eigenvalue weighted by Gasteiger charge is 2.12. The maximum absolute atomic E-state index is 10.9. The molecule has 0 amide bonds. The molecule has 0 fully saturated rings. The zero-order valence-corrected chi connectivity index (χ0v) is 7.81. The number of Topliss-reactive ketones (excluding diaryl/α,β-unsaturated/α-hetero) is 1. The second-order valence-electron chi connectivity index (χ2n) is 2.98. The van der Waals surface area contributed by atoms with Gasteiger partial charge in [0.05, 0.1) is 0 Å². The van der Waals surface area contributed by atoms with E-state index in [1.165, 1.54) is 0 Å². The zero-order chi connectivity index (χ0) is 8.85. The molecule has 0 aromatic rings. The molecule has 1 unspecified atom stereocenters. The van der Waals surface area contributed by atoms with E-state index >= 15 is 0 Å². The zero-order valence-electron chi connectivity index (χ0n) is 7.81. The lowest BCUT2D eigenvalue weighted by Crippen LogP contribution is -2.08. The maximum atomic E-state index is 10.9. The quantitative estimate of drug-likeness (QED) is 0.556. The Morgan fingerprint density at radius 2 is 2.00 bits per heavy atom. The summed E-state index contributed by atoms with van der Waals surface area (Å²) in [6, 6.07) is 0. The van der Waals surface area contributed by atoms with Gasteiger partial charge in [-0.15, -0.1) is 0 Å². The molecule has 0 aliphatic carbocycles. The third-order valence-electron chi connectivity index (χ3n) is 2.07. The van der Waals surface area contributed by atoms with Crippen molar-refractivity contribution in [3.8, 4) is 0 Å². The molecular formula is C10H18O. The van der Waals surface area contributed by atoms with Crippen LogP contribution in [0.4, 0.5) is 0 Å². The molecule has 0 N–H and O–H groups in total. The molecule has 0 bridgehead atoms. The van der Waals surface area contributed by atoms with Crippen molar-refractivity contribution < 1.29 is 4.79 Å². The molecule has 0 saturated carbocycles. The normalized spacial score (nSPS) is 12.6. The van der Waals surface area contributed by atoms with Crippen molar-refractivity contribution >= 4 is 5.78 Å². The van der Waals surface area contributed by atoms with Gasteiger partial charge in [-0.3, -0.25) is 4.79 Å². The molecule has 0 aromatic carbocycles. The standard InChI is InChI=1S/C10H18O/c1-5-7-10(6-2)8(3)9(4)11/h10H,3,5-7H2,1-2,4H3. The van der Waals surface area contributed by atoms with E-state index in [1.54, 1.807) is 6.92 Å². The summed E-state index contributed by atoms with van der Waals surface area (Å²) in [5, 5.41) is 0. The Hall–Kier alpha value is -0.590. The van der Waals surface area contributed by atoms with Gasteiger partial charge in [-0.05, 0) is 31.3 Å². The predicted molar refractivity (Wildman–Crippen MR) is 48.5 cm³/mol. The number of rotatable bonds is 5. The topological polar surface area (TPSA) is 17.1 Å². The van der Waals surface area contributed by atoms with Crippen LogP contribution >= 0.6 is 0 Å². The molecule has 64 valence electrons. The van der Waals surface area contributed by atoms with Gasteiger partial charge < -0.3 is 0 Å². The summed E-state index contributed by atoms with van der Waals surface area (Å²) in [5.74, 6) is 0.558. The van der Waals surface area contributed by atoms with Crippen LogP contribution in [0.5, 0.6) is 0 Å². The van der Waals surface area contributed by atoms with Crippen LogP contribution in [-0.4, -0.2) is 5.78 Å². The molecule has 1 atom stereocenters. The average Bonchev–Trinajstić information content (AvgIpc) is 1.98. The largest absolute Gasteiger partial charge is 0.295 e. The highest BCUT2D eigenvalue weighted by molar-refractivity contribution is 5.93. The molecule has 1 nitrogen and oxygen atoms in total. The number of carbonyl (C=O) groups excluding carboxylic acids is 1. The molecule has 0 aromatic heterocycles. The minimum atomic E-state index is 0.144.